The van der Waals surface area contributed by atoms with Gasteiger partial charge in [0.05, 0.1) is 11.0 Å². The average Bonchev–Trinajstić information content (AvgIpc) is 2.68. The third-order valence-electron chi connectivity index (χ3n) is 5.64. The van der Waals surface area contributed by atoms with Crippen molar-refractivity contribution in [3.63, 3.8) is 0 Å². The molecule has 3 rings (SSSR count). The summed E-state index contributed by atoms with van der Waals surface area (Å²) in [5, 5.41) is 14.0. The number of hydrogen-bond acceptors (Lipinski definition) is 4. The van der Waals surface area contributed by atoms with Crippen LogP contribution in [-0.4, -0.2) is 23.9 Å². The number of piperidine rings is 1. The number of nitrogens with one attached hydrogen (secondary N) is 1. The zero-order chi connectivity index (χ0) is 20.3. The molecule has 1 aliphatic rings. The van der Waals surface area contributed by atoms with Gasteiger partial charge in [0, 0.05) is 36.0 Å². The van der Waals surface area contributed by atoms with E-state index >= 15 is 0 Å². The highest BCUT2D eigenvalue weighted by Gasteiger charge is 2.20. The molecule has 6 nitrogen and oxygen atoms in total. The fourth-order valence-corrected chi connectivity index (χ4v) is 3.67. The first-order valence-electron chi connectivity index (χ1n) is 9.76. The van der Waals surface area contributed by atoms with E-state index in [2.05, 4.69) is 29.3 Å². The second-order valence-corrected chi connectivity index (χ2v) is 7.66. The summed E-state index contributed by atoms with van der Waals surface area (Å²) in [6, 6.07) is 12.7. The number of rotatable bonds is 5. The van der Waals surface area contributed by atoms with Crippen molar-refractivity contribution >= 4 is 17.3 Å². The van der Waals surface area contributed by atoms with Crippen molar-refractivity contribution in [2.24, 2.45) is 5.92 Å². The van der Waals surface area contributed by atoms with Gasteiger partial charge >= 0.3 is 0 Å². The Morgan fingerprint density at radius 1 is 1.18 bits per heavy atom. The third kappa shape index (κ3) is 4.32. The Balaban J connectivity index is 1.68. The average molecular weight is 381 g/mol. The van der Waals surface area contributed by atoms with E-state index in [1.807, 2.05) is 19.1 Å². The van der Waals surface area contributed by atoms with Gasteiger partial charge in [-0.3, -0.25) is 14.9 Å². The predicted octanol–water partition coefficient (Wildman–Crippen LogP) is 4.63. The Morgan fingerprint density at radius 2 is 1.82 bits per heavy atom. The molecule has 0 radical (unpaired) electrons. The van der Waals surface area contributed by atoms with Crippen LogP contribution in [0.4, 0.5) is 11.4 Å². The topological polar surface area (TPSA) is 75.5 Å². The van der Waals surface area contributed by atoms with Gasteiger partial charge in [-0.2, -0.15) is 0 Å². The van der Waals surface area contributed by atoms with E-state index in [1.165, 1.54) is 24.6 Å². The van der Waals surface area contributed by atoms with Crippen molar-refractivity contribution in [1.29, 1.82) is 0 Å². The lowest BCUT2D eigenvalue weighted by atomic mass is 9.98. The van der Waals surface area contributed by atoms with Crippen molar-refractivity contribution in [2.45, 2.75) is 39.7 Å². The molecule has 0 aromatic heterocycles. The van der Waals surface area contributed by atoms with Crippen molar-refractivity contribution in [3.05, 3.63) is 69.3 Å². The molecule has 1 atom stereocenters. The summed E-state index contributed by atoms with van der Waals surface area (Å²) in [5.74, 6) is 0.491. The van der Waals surface area contributed by atoms with E-state index in [-0.39, 0.29) is 17.6 Å². The Kier molecular flexibility index (Phi) is 5.97. The van der Waals surface area contributed by atoms with Gasteiger partial charge in [-0.05, 0) is 56.4 Å². The molecule has 1 N–H and O–H groups in total. The molecule has 0 saturated carbocycles. The van der Waals surface area contributed by atoms with Crippen LogP contribution in [0.15, 0.2) is 42.5 Å². The molecular weight excluding hydrogens is 354 g/mol. The maximum atomic E-state index is 12.6. The standard InChI is InChI=1S/C22H27N3O3/c1-15-11-13-24(14-12-15)19-9-7-18(8-10-19)17(3)23-22(26)20-5-4-6-21(16(20)2)25(27)28/h4-10,15,17H,11-14H2,1-3H3,(H,23,26)/t17-/m1/s1. The minimum absolute atomic E-state index is 0.0412. The molecule has 1 heterocycles. The summed E-state index contributed by atoms with van der Waals surface area (Å²) >= 11 is 0. The molecular formula is C22H27N3O3. The summed E-state index contributed by atoms with van der Waals surface area (Å²) in [6.45, 7) is 7.99. The van der Waals surface area contributed by atoms with Gasteiger partial charge in [-0.25, -0.2) is 0 Å². The SMILES string of the molecule is Cc1c(C(=O)N[C@H](C)c2ccc(N3CCC(C)CC3)cc2)cccc1[N+](=O)[O-]. The summed E-state index contributed by atoms with van der Waals surface area (Å²) in [7, 11) is 0. The zero-order valence-corrected chi connectivity index (χ0v) is 16.6. The molecule has 2 aromatic rings. The second kappa shape index (κ2) is 8.42. The first-order chi connectivity index (χ1) is 13.4. The fourth-order valence-electron chi connectivity index (χ4n) is 3.67. The van der Waals surface area contributed by atoms with Gasteiger partial charge in [-0.1, -0.05) is 25.1 Å². The van der Waals surface area contributed by atoms with Gasteiger partial charge in [0.15, 0.2) is 0 Å². The Morgan fingerprint density at radius 3 is 2.43 bits per heavy atom. The molecule has 0 spiro atoms. The number of anilines is 1. The third-order valence-corrected chi connectivity index (χ3v) is 5.64. The Hall–Kier alpha value is -2.89. The lowest BCUT2D eigenvalue weighted by molar-refractivity contribution is -0.385. The Labute approximate surface area is 165 Å². The largest absolute Gasteiger partial charge is 0.372 e. The number of nitro groups is 1. The van der Waals surface area contributed by atoms with Crippen LogP contribution in [0.3, 0.4) is 0 Å². The summed E-state index contributed by atoms with van der Waals surface area (Å²) in [6.07, 6.45) is 2.44. The van der Waals surface area contributed by atoms with Crippen LogP contribution >= 0.6 is 0 Å². The minimum Gasteiger partial charge on any atom is -0.372 e. The van der Waals surface area contributed by atoms with E-state index in [4.69, 9.17) is 0 Å². The second-order valence-electron chi connectivity index (χ2n) is 7.66. The van der Waals surface area contributed by atoms with Crippen molar-refractivity contribution in [3.8, 4) is 0 Å². The molecule has 6 heteroatoms. The van der Waals surface area contributed by atoms with Gasteiger partial charge in [0.2, 0.25) is 0 Å². The molecule has 148 valence electrons. The number of nitrogens with zero attached hydrogens (tertiary/aromatic N) is 2. The quantitative estimate of drug-likeness (QED) is 0.605. The maximum absolute atomic E-state index is 12.6. The molecule has 0 aliphatic carbocycles. The van der Waals surface area contributed by atoms with Crippen LogP contribution in [0.1, 0.15) is 54.2 Å². The number of amides is 1. The van der Waals surface area contributed by atoms with Gasteiger partial charge in [-0.15, -0.1) is 0 Å². The van der Waals surface area contributed by atoms with E-state index in [0.717, 1.165) is 24.6 Å². The maximum Gasteiger partial charge on any atom is 0.273 e. The lowest BCUT2D eigenvalue weighted by Crippen LogP contribution is -2.32. The monoisotopic (exact) mass is 381 g/mol. The summed E-state index contributed by atoms with van der Waals surface area (Å²) in [4.78, 5) is 25.7. The van der Waals surface area contributed by atoms with E-state index in [1.54, 1.807) is 19.1 Å². The number of nitro benzene ring substituents is 1. The summed E-state index contributed by atoms with van der Waals surface area (Å²) in [5.41, 5.74) is 2.89. The number of carbonyl (C=O) groups is 1. The molecule has 2 aromatic carbocycles. The number of carbonyl (C=O) groups excluding carboxylic acids is 1. The van der Waals surface area contributed by atoms with Crippen LogP contribution < -0.4 is 10.2 Å². The number of benzene rings is 2. The molecule has 28 heavy (non-hydrogen) atoms. The highest BCUT2D eigenvalue weighted by molar-refractivity contribution is 5.96. The van der Waals surface area contributed by atoms with Crippen molar-refractivity contribution < 1.29 is 9.72 Å². The van der Waals surface area contributed by atoms with E-state index in [0.29, 0.717) is 11.1 Å². The van der Waals surface area contributed by atoms with Crippen LogP contribution in [0.2, 0.25) is 0 Å². The molecule has 1 aliphatic heterocycles. The molecule has 1 amide bonds. The lowest BCUT2D eigenvalue weighted by Gasteiger charge is -2.32. The Bertz CT molecular complexity index is 856. The number of hydrogen-bond donors (Lipinski definition) is 1. The molecule has 1 fully saturated rings. The van der Waals surface area contributed by atoms with Crippen LogP contribution in [-0.2, 0) is 0 Å². The zero-order valence-electron chi connectivity index (χ0n) is 16.6. The van der Waals surface area contributed by atoms with Gasteiger partial charge < -0.3 is 10.2 Å². The van der Waals surface area contributed by atoms with Crippen molar-refractivity contribution in [1.82, 2.24) is 5.32 Å². The minimum atomic E-state index is -0.463. The smallest absolute Gasteiger partial charge is 0.273 e. The van der Waals surface area contributed by atoms with Crippen LogP contribution in [0, 0.1) is 23.0 Å². The highest BCUT2D eigenvalue weighted by Crippen LogP contribution is 2.25. The van der Waals surface area contributed by atoms with Crippen molar-refractivity contribution in [2.75, 3.05) is 18.0 Å². The predicted molar refractivity (Wildman–Crippen MR) is 111 cm³/mol. The fraction of sp³-hybridized carbons (Fsp3) is 0.409. The summed E-state index contributed by atoms with van der Waals surface area (Å²) < 4.78 is 0. The van der Waals surface area contributed by atoms with Crippen LogP contribution in [0.5, 0.6) is 0 Å². The first-order valence-corrected chi connectivity index (χ1v) is 9.76. The van der Waals surface area contributed by atoms with Gasteiger partial charge in [0.1, 0.15) is 0 Å². The molecule has 1 saturated heterocycles. The van der Waals surface area contributed by atoms with Gasteiger partial charge in [0.25, 0.3) is 11.6 Å². The first kappa shape index (κ1) is 19.9. The van der Waals surface area contributed by atoms with E-state index in [9.17, 15) is 14.9 Å². The van der Waals surface area contributed by atoms with Crippen LogP contribution in [0.25, 0.3) is 0 Å². The molecule has 0 unspecified atom stereocenters. The highest BCUT2D eigenvalue weighted by atomic mass is 16.6. The van der Waals surface area contributed by atoms with E-state index < -0.39 is 4.92 Å². The molecule has 0 bridgehead atoms. The normalized spacial score (nSPS) is 15.9.